The van der Waals surface area contributed by atoms with Crippen LogP contribution in [0.25, 0.3) is 16.3 Å². The van der Waals surface area contributed by atoms with Crippen molar-refractivity contribution in [1.82, 2.24) is 10.3 Å². The summed E-state index contributed by atoms with van der Waals surface area (Å²) in [5.74, 6) is -1.06. The van der Waals surface area contributed by atoms with Crippen molar-refractivity contribution in [3.63, 3.8) is 0 Å². The lowest BCUT2D eigenvalue weighted by molar-refractivity contribution is -0.116. The number of fused-ring (bicyclic) bond motifs is 1. The number of amides is 3. The van der Waals surface area contributed by atoms with Gasteiger partial charge in [0, 0.05) is 20.6 Å². The van der Waals surface area contributed by atoms with Gasteiger partial charge in [-0.25, -0.2) is 4.98 Å². The molecule has 6 aromatic rings. The lowest BCUT2D eigenvalue weighted by atomic mass is 10.1. The highest BCUT2D eigenvalue weighted by Crippen LogP contribution is 2.37. The largest absolute Gasteiger partial charge is 0.321 e. The zero-order chi connectivity index (χ0) is 33.5. The summed E-state index contributed by atoms with van der Waals surface area (Å²) in [4.78, 5) is 45.5. The fourth-order valence-electron chi connectivity index (χ4n) is 4.78. The van der Waals surface area contributed by atoms with Crippen LogP contribution in [0.1, 0.15) is 32.3 Å². The Kier molecular flexibility index (Phi) is 10.4. The molecule has 1 unspecified atom stereocenters. The molecule has 48 heavy (non-hydrogen) atoms. The Balaban J connectivity index is 1.18. The molecule has 7 nitrogen and oxygen atoms in total. The number of aromatic nitrogens is 1. The molecule has 0 aliphatic heterocycles. The van der Waals surface area contributed by atoms with Crippen LogP contribution in [0.5, 0.6) is 0 Å². The molecule has 0 aliphatic rings. The van der Waals surface area contributed by atoms with Crippen LogP contribution in [0.3, 0.4) is 0 Å². The van der Waals surface area contributed by atoms with E-state index in [0.717, 1.165) is 36.3 Å². The summed E-state index contributed by atoms with van der Waals surface area (Å²) in [6.45, 7) is 2.03. The number of carbonyl (C=O) groups excluding carboxylic acids is 3. The van der Waals surface area contributed by atoms with Gasteiger partial charge in [-0.15, -0.1) is 11.8 Å². The Morgan fingerprint density at radius 2 is 1.50 bits per heavy atom. The zero-order valence-electron chi connectivity index (χ0n) is 25.6. The van der Waals surface area contributed by atoms with Crippen LogP contribution in [0.2, 0.25) is 0 Å². The molecule has 5 aromatic carbocycles. The number of anilines is 2. The predicted molar refractivity (Wildman–Crippen MR) is 199 cm³/mol. The van der Waals surface area contributed by atoms with Crippen molar-refractivity contribution in [2.45, 2.75) is 17.1 Å². The van der Waals surface area contributed by atoms with Gasteiger partial charge in [-0.2, -0.15) is 0 Å². The monoisotopic (exact) mass is 732 g/mol. The normalized spacial score (nSPS) is 11.9. The van der Waals surface area contributed by atoms with Gasteiger partial charge in [-0.05, 0) is 90.4 Å². The molecule has 0 saturated heterocycles. The molecular weight excluding hydrogens is 704 g/mol. The molecule has 0 saturated carbocycles. The lowest BCUT2D eigenvalue weighted by Crippen LogP contribution is -2.30. The Morgan fingerprint density at radius 1 is 0.812 bits per heavy atom. The first-order valence-electron chi connectivity index (χ1n) is 15.0. The van der Waals surface area contributed by atoms with Gasteiger partial charge in [-0.1, -0.05) is 94.0 Å². The van der Waals surface area contributed by atoms with Crippen LogP contribution in [-0.4, -0.2) is 22.7 Å². The summed E-state index contributed by atoms with van der Waals surface area (Å²) < 4.78 is 1.91. The number of aryl methyl sites for hydroxylation is 1. The van der Waals surface area contributed by atoms with E-state index < -0.39 is 17.1 Å². The number of hydrogen-bond acceptors (Lipinski definition) is 6. The van der Waals surface area contributed by atoms with Crippen molar-refractivity contribution in [3.05, 3.63) is 160 Å². The number of thioether (sulfide) groups is 1. The fraction of sp³-hybridized carbons (Fsp3) is 0.0526. The Bertz CT molecular complexity index is 2100. The summed E-state index contributed by atoms with van der Waals surface area (Å²) in [5, 5.41) is 8.67. The van der Waals surface area contributed by atoms with E-state index in [4.69, 9.17) is 0 Å². The maximum Gasteiger partial charge on any atom is 0.272 e. The molecule has 10 heteroatoms. The average Bonchev–Trinajstić information content (AvgIpc) is 3.50. The minimum atomic E-state index is -0.547. The lowest BCUT2D eigenvalue weighted by Gasteiger charge is -2.16. The van der Waals surface area contributed by atoms with Gasteiger partial charge in [0.25, 0.3) is 11.8 Å². The van der Waals surface area contributed by atoms with Crippen LogP contribution in [0.15, 0.2) is 142 Å². The van der Waals surface area contributed by atoms with E-state index >= 15 is 0 Å². The fourth-order valence-corrected chi connectivity index (χ4v) is 7.03. The SMILES string of the molecule is Cc1ccc2nc(NC(=O)C(Sc3ccc(NC(=O)/C(=C/c4ccc(Br)cc4)NC(=O)c4ccccc4)cc3)c3ccccc3)sc2c1. The number of halogens is 1. The average molecular weight is 734 g/mol. The van der Waals surface area contributed by atoms with E-state index in [-0.39, 0.29) is 11.6 Å². The second-order valence-electron chi connectivity index (χ2n) is 10.8. The molecule has 0 radical (unpaired) electrons. The molecule has 1 atom stereocenters. The highest BCUT2D eigenvalue weighted by molar-refractivity contribution is 9.10. The summed E-state index contributed by atoms with van der Waals surface area (Å²) in [6.07, 6.45) is 1.63. The van der Waals surface area contributed by atoms with Crippen molar-refractivity contribution in [1.29, 1.82) is 0 Å². The molecular formula is C38H29BrN4O3S2. The van der Waals surface area contributed by atoms with Gasteiger partial charge in [0.15, 0.2) is 5.13 Å². The van der Waals surface area contributed by atoms with Crippen LogP contribution < -0.4 is 16.0 Å². The third-order valence-electron chi connectivity index (χ3n) is 7.19. The van der Waals surface area contributed by atoms with Crippen LogP contribution in [0.4, 0.5) is 10.8 Å². The summed E-state index contributed by atoms with van der Waals surface area (Å²) >= 11 is 6.27. The quantitative estimate of drug-likeness (QED) is 0.0963. The van der Waals surface area contributed by atoms with E-state index in [1.54, 1.807) is 42.5 Å². The van der Waals surface area contributed by atoms with E-state index in [2.05, 4.69) is 42.9 Å². The third kappa shape index (κ3) is 8.46. The minimum absolute atomic E-state index is 0.0930. The summed E-state index contributed by atoms with van der Waals surface area (Å²) in [6, 6.07) is 39.0. The number of thiazole rings is 1. The number of rotatable bonds is 10. The highest BCUT2D eigenvalue weighted by atomic mass is 79.9. The zero-order valence-corrected chi connectivity index (χ0v) is 28.9. The maximum absolute atomic E-state index is 13.6. The smallest absolute Gasteiger partial charge is 0.272 e. The van der Waals surface area contributed by atoms with E-state index in [9.17, 15) is 14.4 Å². The number of carbonyl (C=O) groups is 3. The standard InChI is InChI=1S/C38H29BrN4O3S2/c1-24-12-21-31-33(22-24)48-38(42-31)43-37(46)34(26-8-4-2-5-9-26)47-30-19-17-29(18-20-30)40-36(45)32(23-25-13-15-28(39)16-14-25)41-35(44)27-10-6-3-7-11-27/h2-23,34H,1H3,(H,40,45)(H,41,44)(H,42,43,46)/b32-23-. The van der Waals surface area contributed by atoms with Gasteiger partial charge in [0.1, 0.15) is 10.9 Å². The van der Waals surface area contributed by atoms with E-state index in [0.29, 0.717) is 16.4 Å². The van der Waals surface area contributed by atoms with E-state index in [1.807, 2.05) is 91.9 Å². The second-order valence-corrected chi connectivity index (χ2v) is 13.9. The van der Waals surface area contributed by atoms with Gasteiger partial charge in [-0.3, -0.25) is 14.4 Å². The Hall–Kier alpha value is -5.03. The van der Waals surface area contributed by atoms with Crippen molar-refractivity contribution < 1.29 is 14.4 Å². The van der Waals surface area contributed by atoms with Gasteiger partial charge in [0.05, 0.1) is 10.2 Å². The van der Waals surface area contributed by atoms with Crippen molar-refractivity contribution in [3.8, 4) is 0 Å². The molecule has 3 N–H and O–H groups in total. The number of nitrogens with zero attached hydrogens (tertiary/aromatic N) is 1. The first-order chi connectivity index (χ1) is 23.3. The number of nitrogens with one attached hydrogen (secondary N) is 3. The van der Waals surface area contributed by atoms with Gasteiger partial charge in [0.2, 0.25) is 5.91 Å². The molecule has 3 amide bonds. The molecule has 6 rings (SSSR count). The van der Waals surface area contributed by atoms with Crippen LogP contribution >= 0.6 is 39.0 Å². The third-order valence-corrected chi connectivity index (χ3v) is 9.92. The Labute approximate surface area is 294 Å². The predicted octanol–water partition coefficient (Wildman–Crippen LogP) is 9.25. The second kappa shape index (κ2) is 15.2. The van der Waals surface area contributed by atoms with Gasteiger partial charge >= 0.3 is 0 Å². The number of benzene rings is 5. The van der Waals surface area contributed by atoms with Crippen LogP contribution in [0, 0.1) is 6.92 Å². The molecule has 0 bridgehead atoms. The maximum atomic E-state index is 13.6. The van der Waals surface area contributed by atoms with Gasteiger partial charge < -0.3 is 16.0 Å². The molecule has 0 aliphatic carbocycles. The topological polar surface area (TPSA) is 100 Å². The molecule has 0 spiro atoms. The molecule has 0 fully saturated rings. The first kappa shape index (κ1) is 32.9. The first-order valence-corrected chi connectivity index (χ1v) is 17.4. The summed E-state index contributed by atoms with van der Waals surface area (Å²) in [7, 11) is 0. The van der Waals surface area contributed by atoms with Crippen molar-refractivity contribution in [2.24, 2.45) is 0 Å². The molecule has 1 aromatic heterocycles. The molecule has 1 heterocycles. The van der Waals surface area contributed by atoms with E-state index in [1.165, 1.54) is 23.1 Å². The molecule has 238 valence electrons. The number of hydrogen-bond donors (Lipinski definition) is 3. The minimum Gasteiger partial charge on any atom is -0.321 e. The highest BCUT2D eigenvalue weighted by Gasteiger charge is 2.24. The van der Waals surface area contributed by atoms with Crippen molar-refractivity contribution in [2.75, 3.05) is 10.6 Å². The van der Waals surface area contributed by atoms with Crippen LogP contribution in [-0.2, 0) is 9.59 Å². The van der Waals surface area contributed by atoms with Crippen molar-refractivity contribution >= 4 is 83.9 Å². The summed E-state index contributed by atoms with van der Waals surface area (Å²) in [5.41, 5.74) is 4.64. The Morgan fingerprint density at radius 3 is 2.21 bits per heavy atom.